The molecule has 21 heavy (non-hydrogen) atoms. The highest BCUT2D eigenvalue weighted by Crippen LogP contribution is 2.27. The molecule has 0 radical (unpaired) electrons. The van der Waals surface area contributed by atoms with Gasteiger partial charge in [-0.2, -0.15) is 0 Å². The highest BCUT2D eigenvalue weighted by atomic mass is 32.1. The molecule has 1 unspecified atom stereocenters. The van der Waals surface area contributed by atoms with Crippen LogP contribution in [0, 0.1) is 0 Å². The lowest BCUT2D eigenvalue weighted by Gasteiger charge is -2.15. The molecule has 0 saturated carbocycles. The van der Waals surface area contributed by atoms with Crippen LogP contribution in [0.15, 0.2) is 54.0 Å². The van der Waals surface area contributed by atoms with Crippen LogP contribution in [0.4, 0.5) is 11.4 Å². The van der Waals surface area contributed by atoms with Gasteiger partial charge in [0.05, 0.1) is 15.9 Å². The topological polar surface area (TPSA) is 54.0 Å². The fourth-order valence-corrected chi connectivity index (χ4v) is 2.89. The van der Waals surface area contributed by atoms with Crippen molar-refractivity contribution >= 4 is 38.8 Å². The maximum Gasteiger partial charge on any atom is 0.246 e. The number of thiophene rings is 1. The predicted octanol–water partition coefficient (Wildman–Crippen LogP) is 3.74. The van der Waals surface area contributed by atoms with Gasteiger partial charge in [-0.15, -0.1) is 11.3 Å². The van der Waals surface area contributed by atoms with E-state index in [4.69, 9.17) is 0 Å². The number of para-hydroxylation sites is 1. The number of anilines is 2. The third-order valence-corrected chi connectivity index (χ3v) is 4.09. The molecule has 1 amide bonds. The molecule has 4 nitrogen and oxygen atoms in total. The zero-order valence-electron chi connectivity index (χ0n) is 11.5. The largest absolute Gasteiger partial charge is 0.373 e. The summed E-state index contributed by atoms with van der Waals surface area (Å²) in [6.45, 7) is 1.85. The van der Waals surface area contributed by atoms with E-state index in [9.17, 15) is 4.79 Å². The molecule has 1 aromatic carbocycles. The lowest BCUT2D eigenvalue weighted by molar-refractivity contribution is -0.116. The Morgan fingerprint density at radius 1 is 1.19 bits per heavy atom. The molecule has 0 aliphatic carbocycles. The van der Waals surface area contributed by atoms with Gasteiger partial charge in [0.1, 0.15) is 6.04 Å². The van der Waals surface area contributed by atoms with E-state index in [1.54, 1.807) is 17.5 Å². The third kappa shape index (κ3) is 3.03. The van der Waals surface area contributed by atoms with Crippen LogP contribution in [0.2, 0.25) is 0 Å². The van der Waals surface area contributed by atoms with Gasteiger partial charge in [-0.05, 0) is 36.6 Å². The summed E-state index contributed by atoms with van der Waals surface area (Å²) < 4.78 is 1.07. The van der Waals surface area contributed by atoms with E-state index in [-0.39, 0.29) is 11.9 Å². The molecule has 3 rings (SSSR count). The van der Waals surface area contributed by atoms with Gasteiger partial charge in [0.2, 0.25) is 5.91 Å². The fraction of sp³-hybridized carbons (Fsp3) is 0.125. The minimum absolute atomic E-state index is 0.0669. The SMILES string of the molecule is CC(Nc1ccnc2ccsc12)C(=O)Nc1ccccc1. The fourth-order valence-electron chi connectivity index (χ4n) is 2.06. The number of carbonyl (C=O) groups excluding carboxylic acids is 1. The second-order valence-electron chi connectivity index (χ2n) is 4.71. The number of aromatic nitrogens is 1. The van der Waals surface area contributed by atoms with E-state index >= 15 is 0 Å². The minimum Gasteiger partial charge on any atom is -0.373 e. The van der Waals surface area contributed by atoms with Gasteiger partial charge < -0.3 is 10.6 Å². The summed E-state index contributed by atoms with van der Waals surface area (Å²) in [5.41, 5.74) is 2.68. The van der Waals surface area contributed by atoms with E-state index in [0.717, 1.165) is 21.6 Å². The molecule has 2 heterocycles. The van der Waals surface area contributed by atoms with Crippen molar-refractivity contribution in [2.45, 2.75) is 13.0 Å². The van der Waals surface area contributed by atoms with Gasteiger partial charge >= 0.3 is 0 Å². The number of fused-ring (bicyclic) bond motifs is 1. The van der Waals surface area contributed by atoms with Crippen LogP contribution in [0.25, 0.3) is 10.2 Å². The van der Waals surface area contributed by atoms with Crippen molar-refractivity contribution in [2.75, 3.05) is 10.6 Å². The van der Waals surface area contributed by atoms with Crippen LogP contribution >= 0.6 is 11.3 Å². The van der Waals surface area contributed by atoms with Crippen LogP contribution in [-0.4, -0.2) is 16.9 Å². The van der Waals surface area contributed by atoms with E-state index < -0.39 is 0 Å². The first-order chi connectivity index (χ1) is 10.2. The first kappa shape index (κ1) is 13.6. The zero-order valence-corrected chi connectivity index (χ0v) is 12.4. The first-order valence-electron chi connectivity index (χ1n) is 6.69. The summed E-state index contributed by atoms with van der Waals surface area (Å²) in [5, 5.41) is 8.14. The molecule has 1 atom stereocenters. The van der Waals surface area contributed by atoms with E-state index in [1.807, 2.05) is 54.8 Å². The van der Waals surface area contributed by atoms with Crippen LogP contribution in [0.5, 0.6) is 0 Å². The lowest BCUT2D eigenvalue weighted by atomic mass is 10.2. The Morgan fingerprint density at radius 3 is 2.81 bits per heavy atom. The lowest BCUT2D eigenvalue weighted by Crippen LogP contribution is -2.31. The first-order valence-corrected chi connectivity index (χ1v) is 7.56. The summed E-state index contributed by atoms with van der Waals surface area (Å²) in [6.07, 6.45) is 1.75. The molecule has 0 bridgehead atoms. The standard InChI is InChI=1S/C16H15N3OS/c1-11(16(20)19-12-5-3-2-4-6-12)18-14-7-9-17-13-8-10-21-15(13)14/h2-11H,1H3,(H,17,18)(H,19,20). The average Bonchev–Trinajstić information content (AvgIpc) is 2.98. The van der Waals surface area contributed by atoms with Gasteiger partial charge in [-0.25, -0.2) is 0 Å². The quantitative estimate of drug-likeness (QED) is 0.771. The Labute approximate surface area is 126 Å². The Morgan fingerprint density at radius 2 is 2.00 bits per heavy atom. The van der Waals surface area contributed by atoms with Crippen molar-refractivity contribution in [2.24, 2.45) is 0 Å². The summed E-state index contributed by atoms with van der Waals surface area (Å²) in [5.74, 6) is -0.0669. The van der Waals surface area contributed by atoms with E-state index in [2.05, 4.69) is 15.6 Å². The molecular weight excluding hydrogens is 282 g/mol. The van der Waals surface area contributed by atoms with Gasteiger partial charge in [0.25, 0.3) is 0 Å². The van der Waals surface area contributed by atoms with Gasteiger partial charge in [0, 0.05) is 11.9 Å². The van der Waals surface area contributed by atoms with Crippen LogP contribution in [0.3, 0.4) is 0 Å². The van der Waals surface area contributed by atoms with Crippen LogP contribution in [0.1, 0.15) is 6.92 Å². The molecule has 106 valence electrons. The van der Waals surface area contributed by atoms with Crippen molar-refractivity contribution in [1.82, 2.24) is 4.98 Å². The number of hydrogen-bond acceptors (Lipinski definition) is 4. The van der Waals surface area contributed by atoms with E-state index in [1.165, 1.54) is 0 Å². The Kier molecular flexibility index (Phi) is 3.83. The molecule has 0 aliphatic heterocycles. The van der Waals surface area contributed by atoms with Crippen LogP contribution in [-0.2, 0) is 4.79 Å². The molecule has 0 aliphatic rings. The minimum atomic E-state index is -0.335. The number of benzene rings is 1. The number of rotatable bonds is 4. The number of pyridine rings is 1. The number of hydrogen-bond donors (Lipinski definition) is 2. The molecule has 3 aromatic rings. The molecule has 5 heteroatoms. The molecular formula is C16H15N3OS. The second-order valence-corrected chi connectivity index (χ2v) is 5.63. The summed E-state index contributed by atoms with van der Waals surface area (Å²) in [7, 11) is 0. The monoisotopic (exact) mass is 297 g/mol. The average molecular weight is 297 g/mol. The van der Waals surface area contributed by atoms with Gasteiger partial charge in [-0.1, -0.05) is 18.2 Å². The number of carbonyl (C=O) groups is 1. The second kappa shape index (κ2) is 5.93. The molecule has 0 fully saturated rings. The van der Waals surface area contributed by atoms with E-state index in [0.29, 0.717) is 0 Å². The summed E-state index contributed by atoms with van der Waals surface area (Å²) >= 11 is 1.61. The summed E-state index contributed by atoms with van der Waals surface area (Å²) in [4.78, 5) is 16.5. The van der Waals surface area contributed by atoms with Crippen molar-refractivity contribution in [3.05, 3.63) is 54.0 Å². The van der Waals surface area contributed by atoms with Gasteiger partial charge in [0.15, 0.2) is 0 Å². The number of amides is 1. The van der Waals surface area contributed by atoms with Crippen molar-refractivity contribution < 1.29 is 4.79 Å². The van der Waals surface area contributed by atoms with Crippen molar-refractivity contribution in [1.29, 1.82) is 0 Å². The Hall–Kier alpha value is -2.40. The summed E-state index contributed by atoms with van der Waals surface area (Å²) in [6, 6.07) is 13.0. The molecule has 2 aromatic heterocycles. The Bertz CT molecular complexity index is 754. The Balaban J connectivity index is 1.72. The molecule has 2 N–H and O–H groups in total. The maximum absolute atomic E-state index is 12.2. The molecule has 0 spiro atoms. The predicted molar refractivity (Wildman–Crippen MR) is 87.8 cm³/mol. The third-order valence-electron chi connectivity index (χ3n) is 3.15. The highest BCUT2D eigenvalue weighted by Gasteiger charge is 2.14. The van der Waals surface area contributed by atoms with Crippen LogP contribution < -0.4 is 10.6 Å². The normalized spacial score (nSPS) is 12.0. The zero-order chi connectivity index (χ0) is 14.7. The number of nitrogens with zero attached hydrogens (tertiary/aromatic N) is 1. The molecule has 0 saturated heterocycles. The number of nitrogens with one attached hydrogen (secondary N) is 2. The van der Waals surface area contributed by atoms with Crippen molar-refractivity contribution in [3.63, 3.8) is 0 Å². The van der Waals surface area contributed by atoms with Gasteiger partial charge in [-0.3, -0.25) is 9.78 Å². The maximum atomic E-state index is 12.2. The van der Waals surface area contributed by atoms with Crippen molar-refractivity contribution in [3.8, 4) is 0 Å². The smallest absolute Gasteiger partial charge is 0.246 e. The highest BCUT2D eigenvalue weighted by molar-refractivity contribution is 7.17.